The molecule has 0 unspecified atom stereocenters. The highest BCUT2D eigenvalue weighted by atomic mass is 32.2. The molecule has 0 bridgehead atoms. The lowest BCUT2D eigenvalue weighted by Crippen LogP contribution is -2.02. The van der Waals surface area contributed by atoms with Crippen LogP contribution in [0.3, 0.4) is 0 Å². The van der Waals surface area contributed by atoms with Gasteiger partial charge in [0.25, 0.3) is 0 Å². The zero-order valence-electron chi connectivity index (χ0n) is 11.5. The van der Waals surface area contributed by atoms with Crippen molar-refractivity contribution in [2.24, 2.45) is 0 Å². The van der Waals surface area contributed by atoms with Gasteiger partial charge in [0.05, 0.1) is 4.90 Å². The summed E-state index contributed by atoms with van der Waals surface area (Å²) in [6.45, 7) is 2.16. The number of nitrogens with two attached hydrogens (primary N) is 1. The van der Waals surface area contributed by atoms with Gasteiger partial charge in [0.15, 0.2) is 0 Å². The summed E-state index contributed by atoms with van der Waals surface area (Å²) >= 11 is 0. The van der Waals surface area contributed by atoms with Crippen molar-refractivity contribution in [2.75, 3.05) is 12.3 Å². The van der Waals surface area contributed by atoms with E-state index in [1.807, 2.05) is 31.2 Å². The predicted octanol–water partition coefficient (Wildman–Crippen LogP) is 2.78. The largest absolute Gasteiger partial charge is 0.489 e. The van der Waals surface area contributed by atoms with Gasteiger partial charge in [0.2, 0.25) is 9.84 Å². The molecular formula is C16H15NO3S. The van der Waals surface area contributed by atoms with Crippen LogP contribution in [0.1, 0.15) is 11.1 Å². The molecule has 3 rings (SSSR count). The fourth-order valence-electron chi connectivity index (χ4n) is 2.34. The molecule has 0 amide bonds. The standard InChI is InChI=1S/C16H15NO3S/c1-11-5-7-13(8-6-11)20-9-12-10-21(18,19)15-4-2-3-14(17)16(12)15/h2-8,10H,9,17H2,1H3. The number of nitrogen functional groups attached to an aromatic ring is 1. The Balaban J connectivity index is 1.89. The van der Waals surface area contributed by atoms with Crippen molar-refractivity contribution in [1.82, 2.24) is 0 Å². The van der Waals surface area contributed by atoms with Crippen LogP contribution in [0.5, 0.6) is 5.75 Å². The van der Waals surface area contributed by atoms with E-state index in [-0.39, 0.29) is 11.5 Å². The maximum atomic E-state index is 12.1. The SMILES string of the molecule is Cc1ccc(OCC2=CS(=O)(=O)c3cccc(N)c32)cc1. The van der Waals surface area contributed by atoms with Crippen LogP contribution in [-0.2, 0) is 9.84 Å². The Morgan fingerprint density at radius 1 is 1.10 bits per heavy atom. The second-order valence-corrected chi connectivity index (χ2v) is 6.78. The van der Waals surface area contributed by atoms with Crippen LogP contribution in [0.2, 0.25) is 0 Å². The number of anilines is 1. The molecule has 0 fully saturated rings. The quantitative estimate of drug-likeness (QED) is 0.885. The Morgan fingerprint density at radius 3 is 2.52 bits per heavy atom. The van der Waals surface area contributed by atoms with Gasteiger partial charge in [-0.05, 0) is 31.2 Å². The molecule has 4 nitrogen and oxygen atoms in total. The van der Waals surface area contributed by atoms with Gasteiger partial charge in [0.1, 0.15) is 12.4 Å². The zero-order valence-corrected chi connectivity index (χ0v) is 12.4. The second-order valence-electron chi connectivity index (χ2n) is 5.01. The maximum absolute atomic E-state index is 12.1. The highest BCUT2D eigenvalue weighted by Gasteiger charge is 2.28. The van der Waals surface area contributed by atoms with E-state index in [0.717, 1.165) is 5.56 Å². The van der Waals surface area contributed by atoms with E-state index in [1.54, 1.807) is 18.2 Å². The number of fused-ring (bicyclic) bond motifs is 1. The topological polar surface area (TPSA) is 69.4 Å². The molecule has 5 heteroatoms. The molecule has 1 aliphatic heterocycles. The van der Waals surface area contributed by atoms with Gasteiger partial charge in [-0.15, -0.1) is 0 Å². The third-order valence-electron chi connectivity index (χ3n) is 3.40. The molecule has 0 spiro atoms. The summed E-state index contributed by atoms with van der Waals surface area (Å²) in [5.41, 5.74) is 8.65. The molecule has 2 aromatic carbocycles. The number of aryl methyl sites for hydroxylation is 1. The van der Waals surface area contributed by atoms with Gasteiger partial charge in [-0.25, -0.2) is 8.42 Å². The summed E-state index contributed by atoms with van der Waals surface area (Å²) in [5.74, 6) is 0.696. The smallest absolute Gasteiger partial charge is 0.200 e. The van der Waals surface area contributed by atoms with E-state index in [4.69, 9.17) is 10.5 Å². The molecule has 2 aromatic rings. The Labute approximate surface area is 123 Å². The first-order valence-electron chi connectivity index (χ1n) is 6.51. The van der Waals surface area contributed by atoms with E-state index in [1.165, 1.54) is 5.41 Å². The summed E-state index contributed by atoms with van der Waals surface area (Å²) in [6, 6.07) is 12.5. The van der Waals surface area contributed by atoms with Crippen molar-refractivity contribution in [3.05, 3.63) is 59.0 Å². The normalized spacial score (nSPS) is 15.4. The highest BCUT2D eigenvalue weighted by Crippen LogP contribution is 2.37. The summed E-state index contributed by atoms with van der Waals surface area (Å²) in [5, 5.41) is 1.24. The molecular weight excluding hydrogens is 286 g/mol. The third kappa shape index (κ3) is 2.52. The molecule has 1 aliphatic rings. The lowest BCUT2D eigenvalue weighted by Gasteiger charge is -2.10. The molecule has 21 heavy (non-hydrogen) atoms. The minimum atomic E-state index is -3.41. The summed E-state index contributed by atoms with van der Waals surface area (Å²) in [7, 11) is -3.41. The van der Waals surface area contributed by atoms with Gasteiger partial charge >= 0.3 is 0 Å². The second kappa shape index (κ2) is 4.93. The van der Waals surface area contributed by atoms with E-state index >= 15 is 0 Å². The zero-order chi connectivity index (χ0) is 15.0. The van der Waals surface area contributed by atoms with Gasteiger partial charge in [-0.3, -0.25) is 0 Å². The number of sulfone groups is 1. The van der Waals surface area contributed by atoms with Gasteiger partial charge < -0.3 is 10.5 Å². The molecule has 0 aromatic heterocycles. The lowest BCUT2D eigenvalue weighted by atomic mass is 10.1. The number of benzene rings is 2. The predicted molar refractivity (Wildman–Crippen MR) is 82.7 cm³/mol. The number of hydrogen-bond acceptors (Lipinski definition) is 4. The van der Waals surface area contributed by atoms with E-state index < -0.39 is 9.84 Å². The van der Waals surface area contributed by atoms with Crippen molar-refractivity contribution >= 4 is 21.1 Å². The van der Waals surface area contributed by atoms with Crippen LogP contribution < -0.4 is 10.5 Å². The number of rotatable bonds is 3. The Morgan fingerprint density at radius 2 is 1.81 bits per heavy atom. The lowest BCUT2D eigenvalue weighted by molar-refractivity contribution is 0.370. The Kier molecular flexibility index (Phi) is 3.22. The minimum Gasteiger partial charge on any atom is -0.489 e. The molecule has 0 atom stereocenters. The van der Waals surface area contributed by atoms with Crippen molar-refractivity contribution in [2.45, 2.75) is 11.8 Å². The number of ether oxygens (including phenoxy) is 1. The maximum Gasteiger partial charge on any atom is 0.200 e. The average Bonchev–Trinajstić information content (AvgIpc) is 2.71. The van der Waals surface area contributed by atoms with Crippen LogP contribution in [0.15, 0.2) is 52.8 Å². The van der Waals surface area contributed by atoms with Crippen LogP contribution in [-0.4, -0.2) is 15.0 Å². The number of hydrogen-bond donors (Lipinski definition) is 1. The third-order valence-corrected chi connectivity index (χ3v) is 4.95. The first kappa shape index (κ1) is 13.7. The van der Waals surface area contributed by atoms with E-state index in [0.29, 0.717) is 22.6 Å². The fourth-order valence-corrected chi connectivity index (χ4v) is 3.83. The molecule has 0 saturated carbocycles. The van der Waals surface area contributed by atoms with Crippen LogP contribution in [0.25, 0.3) is 5.57 Å². The van der Waals surface area contributed by atoms with Crippen molar-refractivity contribution in [1.29, 1.82) is 0 Å². The van der Waals surface area contributed by atoms with E-state index in [2.05, 4.69) is 0 Å². The van der Waals surface area contributed by atoms with Gasteiger partial charge in [-0.2, -0.15) is 0 Å². The molecule has 0 saturated heterocycles. The summed E-state index contributed by atoms with van der Waals surface area (Å²) in [4.78, 5) is 0.255. The molecule has 1 heterocycles. The molecule has 2 N–H and O–H groups in total. The van der Waals surface area contributed by atoms with Crippen LogP contribution in [0, 0.1) is 6.92 Å². The van der Waals surface area contributed by atoms with E-state index in [9.17, 15) is 8.42 Å². The highest BCUT2D eigenvalue weighted by molar-refractivity contribution is 7.95. The summed E-state index contributed by atoms with van der Waals surface area (Å²) in [6.07, 6.45) is 0. The van der Waals surface area contributed by atoms with Gasteiger partial charge in [0, 0.05) is 22.2 Å². The van der Waals surface area contributed by atoms with Crippen LogP contribution >= 0.6 is 0 Å². The van der Waals surface area contributed by atoms with Crippen molar-refractivity contribution < 1.29 is 13.2 Å². The van der Waals surface area contributed by atoms with Crippen molar-refractivity contribution in [3.63, 3.8) is 0 Å². The fraction of sp³-hybridized carbons (Fsp3) is 0.125. The first-order valence-corrected chi connectivity index (χ1v) is 8.06. The monoisotopic (exact) mass is 301 g/mol. The Bertz CT molecular complexity index is 821. The van der Waals surface area contributed by atoms with Crippen LogP contribution in [0.4, 0.5) is 5.69 Å². The Hall–Kier alpha value is -2.27. The van der Waals surface area contributed by atoms with Crippen molar-refractivity contribution in [3.8, 4) is 5.75 Å². The molecule has 108 valence electrons. The molecule has 0 aliphatic carbocycles. The molecule has 0 radical (unpaired) electrons. The average molecular weight is 301 g/mol. The first-order chi connectivity index (χ1) is 9.97. The van der Waals surface area contributed by atoms with Gasteiger partial charge in [-0.1, -0.05) is 23.8 Å². The minimum absolute atomic E-state index is 0.170. The summed E-state index contributed by atoms with van der Waals surface area (Å²) < 4.78 is 29.8.